The van der Waals surface area contributed by atoms with E-state index in [1.54, 1.807) is 12.1 Å². The number of benzene rings is 1. The molecule has 1 aromatic rings. The van der Waals surface area contributed by atoms with E-state index in [4.69, 9.17) is 29.0 Å². The molecule has 0 atom stereocenters. The fourth-order valence-electron chi connectivity index (χ4n) is 1.84. The van der Waals surface area contributed by atoms with E-state index >= 15 is 0 Å². The minimum Gasteiger partial charge on any atom is -0.311 e. The van der Waals surface area contributed by atoms with Gasteiger partial charge in [0.2, 0.25) is 0 Å². The molecule has 0 fully saturated rings. The van der Waals surface area contributed by atoms with Gasteiger partial charge >= 0.3 is 7.82 Å². The summed E-state index contributed by atoms with van der Waals surface area (Å²) in [5.41, 5.74) is 1.17. The quantitative estimate of drug-likeness (QED) is 0.151. The highest BCUT2D eigenvalue weighted by molar-refractivity contribution is 7.45. The summed E-state index contributed by atoms with van der Waals surface area (Å²) in [4.78, 5) is 31.6. The van der Waals surface area contributed by atoms with Gasteiger partial charge in [0.05, 0.1) is 0 Å². The zero-order chi connectivity index (χ0) is 20.5. The van der Waals surface area contributed by atoms with E-state index < -0.39 is 7.82 Å². The molecule has 0 radical (unpaired) electrons. The van der Waals surface area contributed by atoms with Gasteiger partial charge in [-0.3, -0.25) is 0 Å². The molecular formula is C17H29O9P. The first-order valence-corrected chi connectivity index (χ1v) is 10.2. The molecule has 156 valence electrons. The maximum atomic E-state index is 8.88. The van der Waals surface area contributed by atoms with Crippen molar-refractivity contribution in [3.63, 3.8) is 0 Å². The molecule has 0 aromatic heterocycles. The normalized spacial score (nSPS) is 11.9. The molecule has 0 aliphatic carbocycles. The summed E-state index contributed by atoms with van der Waals surface area (Å²) < 4.78 is 8.88. The number of rotatable bonds is 12. The first-order chi connectivity index (χ1) is 12.8. The minimum atomic E-state index is -4.64. The highest BCUT2D eigenvalue weighted by Crippen LogP contribution is 2.25. The Bertz CT molecular complexity index is 549. The van der Waals surface area contributed by atoms with Crippen molar-refractivity contribution in [1.29, 1.82) is 0 Å². The van der Waals surface area contributed by atoms with Gasteiger partial charge in [-0.2, -0.15) is 0 Å². The van der Waals surface area contributed by atoms with Crippen LogP contribution >= 0.6 is 7.82 Å². The van der Waals surface area contributed by atoms with Crippen molar-refractivity contribution in [1.82, 2.24) is 0 Å². The highest BCUT2D eigenvalue weighted by Gasteiger charge is 2.07. The van der Waals surface area contributed by atoms with Gasteiger partial charge in [-0.15, -0.1) is 0 Å². The van der Waals surface area contributed by atoms with Crippen LogP contribution in [0.15, 0.2) is 41.7 Å². The Kier molecular flexibility index (Phi) is 14.8. The largest absolute Gasteiger partial charge is 0.466 e. The Morgan fingerprint density at radius 1 is 0.926 bits per heavy atom. The molecule has 10 heteroatoms. The van der Waals surface area contributed by atoms with Crippen LogP contribution in [0.1, 0.15) is 59.3 Å². The third kappa shape index (κ3) is 17.7. The SMILES string of the molecule is CCCCC(C)=C(CCCC)OOOOOc1ccccc1.O=P(O)(O)O. The van der Waals surface area contributed by atoms with Gasteiger partial charge in [0.1, 0.15) is 5.76 Å². The van der Waals surface area contributed by atoms with E-state index in [1.807, 2.05) is 25.1 Å². The maximum Gasteiger partial charge on any atom is 0.466 e. The fraction of sp³-hybridized carbons (Fsp3) is 0.529. The molecule has 0 saturated carbocycles. The molecule has 3 N–H and O–H groups in total. The van der Waals surface area contributed by atoms with Crippen LogP contribution in [0.4, 0.5) is 0 Å². The Morgan fingerprint density at radius 2 is 1.48 bits per heavy atom. The lowest BCUT2D eigenvalue weighted by Gasteiger charge is -2.10. The van der Waals surface area contributed by atoms with Crippen LogP contribution in [0.2, 0.25) is 0 Å². The van der Waals surface area contributed by atoms with Crippen LogP contribution < -0.4 is 4.89 Å². The van der Waals surface area contributed by atoms with Crippen molar-refractivity contribution in [2.75, 3.05) is 0 Å². The van der Waals surface area contributed by atoms with Crippen molar-refractivity contribution in [2.24, 2.45) is 0 Å². The van der Waals surface area contributed by atoms with Crippen molar-refractivity contribution >= 4 is 7.82 Å². The van der Waals surface area contributed by atoms with Gasteiger partial charge in [-0.25, -0.2) is 4.57 Å². The lowest BCUT2D eigenvalue weighted by atomic mass is 10.1. The van der Waals surface area contributed by atoms with Crippen molar-refractivity contribution in [3.05, 3.63) is 41.7 Å². The second-order valence-corrected chi connectivity index (χ2v) is 6.63. The van der Waals surface area contributed by atoms with E-state index in [9.17, 15) is 0 Å². The Morgan fingerprint density at radius 3 is 2.04 bits per heavy atom. The van der Waals surface area contributed by atoms with Crippen LogP contribution in [0.25, 0.3) is 0 Å². The summed E-state index contributed by atoms with van der Waals surface area (Å²) in [6, 6.07) is 8.96. The second-order valence-electron chi connectivity index (χ2n) is 5.61. The van der Waals surface area contributed by atoms with E-state index in [0.29, 0.717) is 5.75 Å². The van der Waals surface area contributed by atoms with E-state index in [0.717, 1.165) is 44.3 Å². The zero-order valence-corrected chi connectivity index (χ0v) is 16.8. The maximum absolute atomic E-state index is 8.88. The summed E-state index contributed by atoms with van der Waals surface area (Å²) in [6.07, 6.45) is 6.18. The van der Waals surface area contributed by atoms with Crippen LogP contribution in [0, 0.1) is 0 Å². The number of phosphoric acid groups is 1. The molecule has 0 aliphatic heterocycles. The Labute approximate surface area is 159 Å². The van der Waals surface area contributed by atoms with Crippen molar-refractivity contribution < 1.29 is 44.1 Å². The summed E-state index contributed by atoms with van der Waals surface area (Å²) in [5.74, 6) is 1.30. The highest BCUT2D eigenvalue weighted by atomic mass is 31.2. The van der Waals surface area contributed by atoms with Crippen LogP contribution in [-0.2, 0) is 24.6 Å². The average molecular weight is 408 g/mol. The molecular weight excluding hydrogens is 379 g/mol. The summed E-state index contributed by atoms with van der Waals surface area (Å²) in [6.45, 7) is 6.34. The average Bonchev–Trinajstić information content (AvgIpc) is 2.61. The first-order valence-electron chi connectivity index (χ1n) is 8.64. The molecule has 0 bridgehead atoms. The molecule has 0 heterocycles. The molecule has 1 rings (SSSR count). The molecule has 0 saturated heterocycles. The molecule has 9 nitrogen and oxygen atoms in total. The van der Waals surface area contributed by atoms with Gasteiger partial charge in [0.15, 0.2) is 5.75 Å². The van der Waals surface area contributed by atoms with Crippen molar-refractivity contribution in [2.45, 2.75) is 59.3 Å². The topological polar surface area (TPSA) is 124 Å². The third-order valence-electron chi connectivity index (χ3n) is 3.20. The summed E-state index contributed by atoms with van der Waals surface area (Å²) in [7, 11) is -4.64. The summed E-state index contributed by atoms with van der Waals surface area (Å²) >= 11 is 0. The van der Waals surface area contributed by atoms with Gasteiger partial charge in [0.25, 0.3) is 0 Å². The molecule has 0 amide bonds. The van der Waals surface area contributed by atoms with Crippen LogP contribution in [-0.4, -0.2) is 14.7 Å². The van der Waals surface area contributed by atoms with Gasteiger partial charge < -0.3 is 24.5 Å². The number of unbranched alkanes of at least 4 members (excludes halogenated alkanes) is 2. The number of allylic oxidation sites excluding steroid dienone is 2. The zero-order valence-electron chi connectivity index (χ0n) is 15.9. The van der Waals surface area contributed by atoms with Crippen LogP contribution in [0.3, 0.4) is 0 Å². The molecule has 27 heavy (non-hydrogen) atoms. The van der Waals surface area contributed by atoms with Gasteiger partial charge in [-0.05, 0) is 43.9 Å². The monoisotopic (exact) mass is 408 g/mol. The standard InChI is InChI=1S/C17H26O5.H3O4P/c1-4-6-11-15(3)17(14-7-5-2)19-21-22-20-18-16-12-9-8-10-13-16;1-5(2,3)4/h8-10,12-13H,4-7,11,14H2,1-3H3;(H3,1,2,3,4). The fourth-order valence-corrected chi connectivity index (χ4v) is 1.84. The van der Waals surface area contributed by atoms with E-state index in [2.05, 4.69) is 29.0 Å². The molecule has 0 unspecified atom stereocenters. The van der Waals surface area contributed by atoms with E-state index in [-0.39, 0.29) is 0 Å². The molecule has 0 spiro atoms. The third-order valence-corrected chi connectivity index (χ3v) is 3.20. The minimum absolute atomic E-state index is 0.506. The van der Waals surface area contributed by atoms with Gasteiger partial charge in [0, 0.05) is 21.5 Å². The number of hydrogen-bond acceptors (Lipinski definition) is 6. The predicted molar refractivity (Wildman–Crippen MR) is 97.4 cm³/mol. The van der Waals surface area contributed by atoms with E-state index in [1.165, 1.54) is 5.57 Å². The smallest absolute Gasteiger partial charge is 0.311 e. The van der Waals surface area contributed by atoms with Crippen LogP contribution in [0.5, 0.6) is 5.75 Å². The molecule has 1 aromatic carbocycles. The second kappa shape index (κ2) is 15.6. The summed E-state index contributed by atoms with van der Waals surface area (Å²) in [5, 5.41) is 13.5. The lowest BCUT2D eigenvalue weighted by Crippen LogP contribution is -2.03. The molecule has 0 aliphatic rings. The first kappa shape index (κ1) is 25.6. The number of para-hydroxylation sites is 1. The Balaban J connectivity index is 0.00000119. The predicted octanol–water partition coefficient (Wildman–Crippen LogP) is 4.52. The lowest BCUT2D eigenvalue weighted by molar-refractivity contribution is -0.685. The van der Waals surface area contributed by atoms with Crippen molar-refractivity contribution in [3.8, 4) is 5.75 Å². The number of hydrogen-bond donors (Lipinski definition) is 3. The van der Waals surface area contributed by atoms with Gasteiger partial charge in [-0.1, -0.05) is 44.9 Å². The Hall–Kier alpha value is -1.45.